The third-order valence-corrected chi connectivity index (χ3v) is 3.47. The van der Waals surface area contributed by atoms with Gasteiger partial charge in [0.1, 0.15) is 11.5 Å². The summed E-state index contributed by atoms with van der Waals surface area (Å²) in [7, 11) is 1.64. The molecule has 1 unspecified atom stereocenters. The molecule has 4 heteroatoms. The number of hydrogen-bond acceptors (Lipinski definition) is 4. The summed E-state index contributed by atoms with van der Waals surface area (Å²) in [6.07, 6.45) is 2.48. The molecule has 1 N–H and O–H groups in total. The Morgan fingerprint density at radius 3 is 2.26 bits per heavy atom. The summed E-state index contributed by atoms with van der Waals surface area (Å²) >= 11 is 0. The molecular formula is C19H23NO3. The summed E-state index contributed by atoms with van der Waals surface area (Å²) in [4.78, 5) is 4.47. The Morgan fingerprint density at radius 2 is 1.70 bits per heavy atom. The van der Waals surface area contributed by atoms with E-state index in [-0.39, 0.29) is 12.6 Å². The van der Waals surface area contributed by atoms with Gasteiger partial charge in [-0.3, -0.25) is 4.99 Å². The van der Waals surface area contributed by atoms with Crippen LogP contribution >= 0.6 is 0 Å². The van der Waals surface area contributed by atoms with Crippen LogP contribution in [0.2, 0.25) is 0 Å². The summed E-state index contributed by atoms with van der Waals surface area (Å²) in [5.41, 5.74) is 2.11. The number of ether oxygens (including phenoxy) is 2. The second-order valence-corrected chi connectivity index (χ2v) is 5.17. The molecule has 0 spiro atoms. The average Bonchev–Trinajstić information content (AvgIpc) is 2.60. The highest BCUT2D eigenvalue weighted by molar-refractivity contribution is 5.79. The number of aliphatic hydroxyl groups excluding tert-OH is 1. The van der Waals surface area contributed by atoms with Crippen molar-refractivity contribution in [3.63, 3.8) is 0 Å². The van der Waals surface area contributed by atoms with Gasteiger partial charge in [-0.2, -0.15) is 0 Å². The van der Waals surface area contributed by atoms with Gasteiger partial charge >= 0.3 is 0 Å². The SMILES string of the molecule is CCOc1ccc(CC(CO)N=Cc2ccc(OC)cc2)cc1. The minimum absolute atomic E-state index is 0.0138. The zero-order valence-corrected chi connectivity index (χ0v) is 13.6. The number of nitrogens with zero attached hydrogens (tertiary/aromatic N) is 1. The molecule has 0 fully saturated rings. The molecule has 0 aliphatic carbocycles. The Labute approximate surface area is 137 Å². The molecule has 4 nitrogen and oxygen atoms in total. The number of rotatable bonds is 8. The molecule has 0 amide bonds. The quantitative estimate of drug-likeness (QED) is 0.762. The molecule has 2 rings (SSSR count). The molecule has 0 saturated heterocycles. The van der Waals surface area contributed by atoms with Crippen molar-refractivity contribution in [3.05, 3.63) is 59.7 Å². The van der Waals surface area contributed by atoms with Crippen molar-refractivity contribution in [2.24, 2.45) is 4.99 Å². The maximum atomic E-state index is 9.53. The van der Waals surface area contributed by atoms with Crippen LogP contribution in [0.25, 0.3) is 0 Å². The second kappa shape index (κ2) is 8.96. The minimum atomic E-state index is -0.157. The van der Waals surface area contributed by atoms with Crippen molar-refractivity contribution in [1.82, 2.24) is 0 Å². The van der Waals surface area contributed by atoms with E-state index in [1.165, 1.54) is 0 Å². The highest BCUT2D eigenvalue weighted by atomic mass is 16.5. The third-order valence-electron chi connectivity index (χ3n) is 3.47. The van der Waals surface area contributed by atoms with Gasteiger partial charge in [-0.15, -0.1) is 0 Å². The summed E-state index contributed by atoms with van der Waals surface area (Å²) in [6.45, 7) is 2.63. The molecule has 122 valence electrons. The fourth-order valence-electron chi connectivity index (χ4n) is 2.21. The van der Waals surface area contributed by atoms with E-state index in [4.69, 9.17) is 9.47 Å². The zero-order chi connectivity index (χ0) is 16.5. The van der Waals surface area contributed by atoms with Crippen LogP contribution in [0.4, 0.5) is 0 Å². The largest absolute Gasteiger partial charge is 0.497 e. The molecule has 2 aromatic rings. The monoisotopic (exact) mass is 313 g/mol. The molecule has 23 heavy (non-hydrogen) atoms. The first-order valence-corrected chi connectivity index (χ1v) is 7.75. The fourth-order valence-corrected chi connectivity index (χ4v) is 2.21. The number of benzene rings is 2. The van der Waals surface area contributed by atoms with Gasteiger partial charge < -0.3 is 14.6 Å². The predicted molar refractivity (Wildman–Crippen MR) is 92.8 cm³/mol. The van der Waals surface area contributed by atoms with E-state index < -0.39 is 0 Å². The van der Waals surface area contributed by atoms with E-state index in [1.54, 1.807) is 13.3 Å². The van der Waals surface area contributed by atoms with Crippen molar-refractivity contribution in [1.29, 1.82) is 0 Å². The van der Waals surface area contributed by atoms with E-state index in [2.05, 4.69) is 4.99 Å². The molecular weight excluding hydrogens is 290 g/mol. The highest BCUT2D eigenvalue weighted by Crippen LogP contribution is 2.14. The van der Waals surface area contributed by atoms with E-state index >= 15 is 0 Å². The Kier molecular flexibility index (Phi) is 6.63. The third kappa shape index (κ3) is 5.42. The first-order chi connectivity index (χ1) is 11.2. The standard InChI is InChI=1S/C19H23NO3/c1-3-23-19-10-4-15(5-11-19)12-17(14-21)20-13-16-6-8-18(22-2)9-7-16/h4-11,13,17,21H,3,12,14H2,1-2H3. The zero-order valence-electron chi connectivity index (χ0n) is 13.6. The first kappa shape index (κ1) is 17.0. The maximum Gasteiger partial charge on any atom is 0.119 e. The van der Waals surface area contributed by atoms with Crippen molar-refractivity contribution in [2.45, 2.75) is 19.4 Å². The van der Waals surface area contributed by atoms with Crippen LogP contribution in [-0.4, -0.2) is 37.7 Å². The summed E-state index contributed by atoms with van der Waals surface area (Å²) in [5.74, 6) is 1.67. The van der Waals surface area contributed by atoms with Gasteiger partial charge in [-0.25, -0.2) is 0 Å². The minimum Gasteiger partial charge on any atom is -0.497 e. The lowest BCUT2D eigenvalue weighted by atomic mass is 10.1. The van der Waals surface area contributed by atoms with Gasteiger partial charge in [-0.05, 0) is 60.9 Å². The highest BCUT2D eigenvalue weighted by Gasteiger charge is 2.06. The van der Waals surface area contributed by atoms with E-state index in [0.29, 0.717) is 13.0 Å². The second-order valence-electron chi connectivity index (χ2n) is 5.17. The van der Waals surface area contributed by atoms with Crippen LogP contribution in [0.1, 0.15) is 18.1 Å². The number of aliphatic hydroxyl groups is 1. The lowest BCUT2D eigenvalue weighted by Crippen LogP contribution is -2.14. The van der Waals surface area contributed by atoms with Crippen molar-refractivity contribution >= 4 is 6.21 Å². The van der Waals surface area contributed by atoms with Gasteiger partial charge in [0.15, 0.2) is 0 Å². The van der Waals surface area contributed by atoms with Crippen molar-refractivity contribution < 1.29 is 14.6 Å². The molecule has 0 aliphatic rings. The fraction of sp³-hybridized carbons (Fsp3) is 0.316. The van der Waals surface area contributed by atoms with Crippen LogP contribution in [0, 0.1) is 0 Å². The van der Waals surface area contributed by atoms with E-state index in [1.807, 2.05) is 55.5 Å². The molecule has 0 aromatic heterocycles. The predicted octanol–water partition coefficient (Wildman–Crippen LogP) is 3.12. The number of aliphatic imine (C=N–C) groups is 1. The van der Waals surface area contributed by atoms with Gasteiger partial charge in [0.25, 0.3) is 0 Å². The van der Waals surface area contributed by atoms with E-state index in [9.17, 15) is 5.11 Å². The molecule has 0 heterocycles. The van der Waals surface area contributed by atoms with Crippen LogP contribution in [0.3, 0.4) is 0 Å². The van der Waals surface area contributed by atoms with Crippen LogP contribution in [0.5, 0.6) is 11.5 Å². The molecule has 0 radical (unpaired) electrons. The van der Waals surface area contributed by atoms with Gasteiger partial charge in [0, 0.05) is 6.21 Å². The molecule has 2 aromatic carbocycles. The van der Waals surface area contributed by atoms with Crippen LogP contribution < -0.4 is 9.47 Å². The Balaban J connectivity index is 1.97. The number of hydrogen-bond donors (Lipinski definition) is 1. The van der Waals surface area contributed by atoms with Crippen LogP contribution in [0.15, 0.2) is 53.5 Å². The Morgan fingerprint density at radius 1 is 1.04 bits per heavy atom. The lowest BCUT2D eigenvalue weighted by Gasteiger charge is -2.10. The normalized spacial score (nSPS) is 12.3. The summed E-state index contributed by atoms with van der Waals surface area (Å²) < 4.78 is 10.6. The van der Waals surface area contributed by atoms with Gasteiger partial charge in [0.2, 0.25) is 0 Å². The number of methoxy groups -OCH3 is 1. The van der Waals surface area contributed by atoms with Gasteiger partial charge in [0.05, 0.1) is 26.4 Å². The Hall–Kier alpha value is -2.33. The van der Waals surface area contributed by atoms with Crippen LogP contribution in [-0.2, 0) is 6.42 Å². The topological polar surface area (TPSA) is 51.0 Å². The van der Waals surface area contributed by atoms with Crippen molar-refractivity contribution in [3.8, 4) is 11.5 Å². The smallest absolute Gasteiger partial charge is 0.119 e. The lowest BCUT2D eigenvalue weighted by molar-refractivity contribution is 0.266. The van der Waals surface area contributed by atoms with Crippen molar-refractivity contribution in [2.75, 3.05) is 20.3 Å². The Bertz CT molecular complexity index is 606. The van der Waals surface area contributed by atoms with E-state index in [0.717, 1.165) is 22.6 Å². The molecule has 1 atom stereocenters. The molecule has 0 saturated carbocycles. The van der Waals surface area contributed by atoms with Gasteiger partial charge in [-0.1, -0.05) is 12.1 Å². The summed E-state index contributed by atoms with van der Waals surface area (Å²) in [5, 5.41) is 9.53. The first-order valence-electron chi connectivity index (χ1n) is 7.75. The molecule has 0 bridgehead atoms. The molecule has 0 aliphatic heterocycles. The summed E-state index contributed by atoms with van der Waals surface area (Å²) in [6, 6.07) is 15.4. The maximum absolute atomic E-state index is 9.53. The average molecular weight is 313 g/mol.